The van der Waals surface area contributed by atoms with Gasteiger partial charge >= 0.3 is 0 Å². The summed E-state index contributed by atoms with van der Waals surface area (Å²) in [5.41, 5.74) is 6.62. The molecule has 6 heteroatoms. The molecule has 0 radical (unpaired) electrons. The molecule has 0 unspecified atom stereocenters. The summed E-state index contributed by atoms with van der Waals surface area (Å²) in [4.78, 5) is 4.15. The van der Waals surface area contributed by atoms with Crippen molar-refractivity contribution in [2.24, 2.45) is 5.73 Å². The zero-order valence-corrected chi connectivity index (χ0v) is 10.2. The largest absolute Gasteiger partial charge is 0.326 e. The zero-order chi connectivity index (χ0) is 12.3. The molecule has 1 aromatic heterocycles. The molecule has 0 spiro atoms. The van der Waals surface area contributed by atoms with E-state index in [1.807, 2.05) is 13.0 Å². The summed E-state index contributed by atoms with van der Waals surface area (Å²) in [6.45, 7) is 2.04. The predicted molar refractivity (Wildman–Crippen MR) is 65.0 cm³/mol. The number of benzene rings is 1. The fourth-order valence-electron chi connectivity index (χ4n) is 1.43. The Labute approximate surface area is 103 Å². The molecule has 2 aromatic rings. The number of aryl methyl sites for hydroxylation is 1. The van der Waals surface area contributed by atoms with Gasteiger partial charge in [0.15, 0.2) is 0 Å². The van der Waals surface area contributed by atoms with E-state index in [0.717, 1.165) is 5.82 Å². The van der Waals surface area contributed by atoms with Gasteiger partial charge in [0.2, 0.25) is 5.16 Å². The summed E-state index contributed by atoms with van der Waals surface area (Å²) in [6.07, 6.45) is 0. The van der Waals surface area contributed by atoms with Crippen LogP contribution in [0, 0.1) is 12.7 Å². The topological polar surface area (TPSA) is 67.6 Å². The molecular weight excluding hydrogens is 239 g/mol. The Hall–Kier alpha value is -1.40. The fraction of sp³-hybridized carbons (Fsp3) is 0.273. The SMILES string of the molecule is Cc1nc(SCc2cccc(CN)c2F)n[nH]1. The fourth-order valence-corrected chi connectivity index (χ4v) is 2.25. The maximum absolute atomic E-state index is 13.8. The lowest BCUT2D eigenvalue weighted by Crippen LogP contribution is -2.02. The van der Waals surface area contributed by atoms with Gasteiger partial charge in [-0.2, -0.15) is 0 Å². The average Bonchev–Trinajstić information content (AvgIpc) is 2.74. The molecule has 2 rings (SSSR count). The van der Waals surface area contributed by atoms with Crippen LogP contribution in [0.25, 0.3) is 0 Å². The third-order valence-electron chi connectivity index (χ3n) is 2.31. The molecule has 0 aliphatic rings. The number of aromatic amines is 1. The third-order valence-corrected chi connectivity index (χ3v) is 3.21. The van der Waals surface area contributed by atoms with Crippen molar-refractivity contribution in [1.29, 1.82) is 0 Å². The lowest BCUT2D eigenvalue weighted by molar-refractivity contribution is 0.600. The van der Waals surface area contributed by atoms with E-state index in [4.69, 9.17) is 5.73 Å². The molecule has 0 bridgehead atoms. The van der Waals surface area contributed by atoms with Gasteiger partial charge < -0.3 is 5.73 Å². The summed E-state index contributed by atoms with van der Waals surface area (Å²) in [6, 6.07) is 5.26. The zero-order valence-electron chi connectivity index (χ0n) is 9.40. The van der Waals surface area contributed by atoms with E-state index in [9.17, 15) is 4.39 Å². The van der Waals surface area contributed by atoms with Gasteiger partial charge in [-0.15, -0.1) is 5.10 Å². The Balaban J connectivity index is 2.09. The maximum atomic E-state index is 13.8. The van der Waals surface area contributed by atoms with Crippen molar-refractivity contribution in [2.45, 2.75) is 24.4 Å². The number of nitrogens with two attached hydrogens (primary N) is 1. The van der Waals surface area contributed by atoms with Gasteiger partial charge in [-0.3, -0.25) is 5.10 Å². The molecule has 1 aromatic carbocycles. The summed E-state index contributed by atoms with van der Waals surface area (Å²) >= 11 is 1.39. The van der Waals surface area contributed by atoms with Gasteiger partial charge in [0, 0.05) is 17.9 Å². The highest BCUT2D eigenvalue weighted by Gasteiger charge is 2.08. The summed E-state index contributed by atoms with van der Waals surface area (Å²) in [7, 11) is 0. The molecule has 0 saturated carbocycles. The first-order chi connectivity index (χ1) is 8.20. The van der Waals surface area contributed by atoms with Crippen molar-refractivity contribution in [1.82, 2.24) is 15.2 Å². The third kappa shape index (κ3) is 2.83. The minimum absolute atomic E-state index is 0.212. The summed E-state index contributed by atoms with van der Waals surface area (Å²) < 4.78 is 13.8. The van der Waals surface area contributed by atoms with Gasteiger partial charge in [0.25, 0.3) is 0 Å². The molecule has 90 valence electrons. The summed E-state index contributed by atoms with van der Waals surface area (Å²) in [5.74, 6) is 1.02. The first-order valence-electron chi connectivity index (χ1n) is 5.19. The number of H-pyrrole nitrogens is 1. The van der Waals surface area contributed by atoms with Gasteiger partial charge in [-0.05, 0) is 12.5 Å². The van der Waals surface area contributed by atoms with Crippen LogP contribution in [0.5, 0.6) is 0 Å². The summed E-state index contributed by atoms with van der Waals surface area (Å²) in [5, 5.41) is 7.35. The van der Waals surface area contributed by atoms with Gasteiger partial charge in [0.1, 0.15) is 11.6 Å². The lowest BCUT2D eigenvalue weighted by Gasteiger charge is -2.05. The van der Waals surface area contributed by atoms with Gasteiger partial charge in [0.05, 0.1) is 0 Å². The quantitative estimate of drug-likeness (QED) is 0.817. The second kappa shape index (κ2) is 5.29. The van der Waals surface area contributed by atoms with E-state index in [2.05, 4.69) is 15.2 Å². The smallest absolute Gasteiger partial charge is 0.208 e. The second-order valence-electron chi connectivity index (χ2n) is 3.59. The van der Waals surface area contributed by atoms with E-state index in [1.165, 1.54) is 11.8 Å². The van der Waals surface area contributed by atoms with Crippen molar-refractivity contribution in [2.75, 3.05) is 0 Å². The Morgan fingerprint density at radius 1 is 1.41 bits per heavy atom. The highest BCUT2D eigenvalue weighted by Crippen LogP contribution is 2.22. The molecule has 17 heavy (non-hydrogen) atoms. The van der Waals surface area contributed by atoms with Crippen molar-refractivity contribution in [3.05, 3.63) is 41.0 Å². The van der Waals surface area contributed by atoms with E-state index < -0.39 is 0 Å². The number of nitrogens with zero attached hydrogens (tertiary/aromatic N) is 2. The number of hydrogen-bond donors (Lipinski definition) is 2. The van der Waals surface area contributed by atoms with Crippen LogP contribution in [0.15, 0.2) is 23.4 Å². The molecule has 0 fully saturated rings. The molecule has 0 saturated heterocycles. The number of halogens is 1. The van der Waals surface area contributed by atoms with Gasteiger partial charge in [-0.25, -0.2) is 9.37 Å². The number of rotatable bonds is 4. The number of hydrogen-bond acceptors (Lipinski definition) is 4. The second-order valence-corrected chi connectivity index (χ2v) is 4.53. The number of nitrogens with one attached hydrogen (secondary N) is 1. The van der Waals surface area contributed by atoms with Crippen LogP contribution < -0.4 is 5.73 Å². The Bertz CT molecular complexity index is 512. The Morgan fingerprint density at radius 3 is 2.82 bits per heavy atom. The van der Waals surface area contributed by atoms with Gasteiger partial charge in [-0.1, -0.05) is 30.0 Å². The van der Waals surface area contributed by atoms with Crippen molar-refractivity contribution in [3.8, 4) is 0 Å². The Morgan fingerprint density at radius 2 is 2.18 bits per heavy atom. The highest BCUT2D eigenvalue weighted by molar-refractivity contribution is 7.98. The van der Waals surface area contributed by atoms with Crippen molar-refractivity contribution in [3.63, 3.8) is 0 Å². The van der Waals surface area contributed by atoms with E-state index >= 15 is 0 Å². The monoisotopic (exact) mass is 252 g/mol. The molecule has 0 atom stereocenters. The minimum atomic E-state index is -0.227. The number of thioether (sulfide) groups is 1. The standard InChI is InChI=1S/C11H13FN4S/c1-7-14-11(16-15-7)17-6-9-4-2-3-8(5-13)10(9)12/h2-4H,5-6,13H2,1H3,(H,14,15,16). The lowest BCUT2D eigenvalue weighted by atomic mass is 10.1. The van der Waals surface area contributed by atoms with E-state index in [-0.39, 0.29) is 12.4 Å². The Kier molecular flexibility index (Phi) is 3.75. The van der Waals surface area contributed by atoms with Crippen LogP contribution in [0.1, 0.15) is 17.0 Å². The maximum Gasteiger partial charge on any atom is 0.208 e. The molecule has 0 amide bonds. The molecule has 3 N–H and O–H groups in total. The van der Waals surface area contributed by atoms with Crippen LogP contribution >= 0.6 is 11.8 Å². The normalized spacial score (nSPS) is 10.8. The molecule has 0 aliphatic carbocycles. The van der Waals surface area contributed by atoms with Crippen molar-refractivity contribution >= 4 is 11.8 Å². The molecular formula is C11H13FN4S. The molecule has 1 heterocycles. The van der Waals surface area contributed by atoms with Crippen LogP contribution in [-0.4, -0.2) is 15.2 Å². The molecule has 0 aliphatic heterocycles. The predicted octanol–water partition coefficient (Wildman–Crippen LogP) is 2.00. The van der Waals surface area contributed by atoms with E-state index in [1.54, 1.807) is 12.1 Å². The first kappa shape index (κ1) is 12.1. The van der Waals surface area contributed by atoms with E-state index in [0.29, 0.717) is 22.0 Å². The minimum Gasteiger partial charge on any atom is -0.326 e. The average molecular weight is 252 g/mol. The van der Waals surface area contributed by atoms with Crippen LogP contribution in [0.3, 0.4) is 0 Å². The van der Waals surface area contributed by atoms with Crippen LogP contribution in [0.2, 0.25) is 0 Å². The van der Waals surface area contributed by atoms with Crippen LogP contribution in [-0.2, 0) is 12.3 Å². The highest BCUT2D eigenvalue weighted by atomic mass is 32.2. The van der Waals surface area contributed by atoms with Crippen LogP contribution in [0.4, 0.5) is 4.39 Å². The van der Waals surface area contributed by atoms with Crippen molar-refractivity contribution < 1.29 is 4.39 Å². The first-order valence-corrected chi connectivity index (χ1v) is 6.17. The number of aromatic nitrogens is 3. The molecule has 4 nitrogen and oxygen atoms in total.